The summed E-state index contributed by atoms with van der Waals surface area (Å²) < 4.78 is 13.7. The van der Waals surface area contributed by atoms with E-state index in [0.29, 0.717) is 38.9 Å². The van der Waals surface area contributed by atoms with E-state index in [-0.39, 0.29) is 12.2 Å². The summed E-state index contributed by atoms with van der Waals surface area (Å²) in [7, 11) is 0. The molecule has 204 valence electrons. The van der Waals surface area contributed by atoms with Crippen molar-refractivity contribution in [2.24, 2.45) is 4.99 Å². The number of ether oxygens (including phenoxy) is 2. The van der Waals surface area contributed by atoms with E-state index in [2.05, 4.69) is 18.8 Å². The third-order valence-electron chi connectivity index (χ3n) is 6.88. The van der Waals surface area contributed by atoms with Gasteiger partial charge in [-0.15, -0.1) is 0 Å². The van der Waals surface area contributed by atoms with Gasteiger partial charge in [0.05, 0.1) is 28.5 Å². The number of thiazole rings is 1. The lowest BCUT2D eigenvalue weighted by atomic mass is 9.93. The zero-order valence-electron chi connectivity index (χ0n) is 23.1. The fourth-order valence-electron chi connectivity index (χ4n) is 4.78. The molecular weight excluding hydrogens is 520 g/mol. The molecule has 4 aromatic rings. The van der Waals surface area contributed by atoms with Crippen LogP contribution in [0.25, 0.3) is 6.08 Å². The lowest BCUT2D eigenvalue weighted by Crippen LogP contribution is -2.39. The molecule has 0 amide bonds. The van der Waals surface area contributed by atoms with E-state index in [0.717, 1.165) is 16.7 Å². The molecule has 1 atom stereocenters. The van der Waals surface area contributed by atoms with Crippen molar-refractivity contribution in [1.82, 2.24) is 4.57 Å². The SMILES string of the molecule is CCOC(=O)C1=C(C)N=c2s/c(=C\c3ccccc3OCc3ccccc3)c(=O)n2C1c1ccc(C(C)C)cc1. The fourth-order valence-corrected chi connectivity index (χ4v) is 5.82. The Hall–Kier alpha value is -4.23. The van der Waals surface area contributed by atoms with Crippen LogP contribution < -0.4 is 19.6 Å². The summed E-state index contributed by atoms with van der Waals surface area (Å²) in [6.07, 6.45) is 1.84. The van der Waals surface area contributed by atoms with E-state index in [1.54, 1.807) is 18.4 Å². The minimum atomic E-state index is -0.636. The molecule has 1 aromatic heterocycles. The molecule has 0 spiro atoms. The van der Waals surface area contributed by atoms with Gasteiger partial charge >= 0.3 is 5.97 Å². The second kappa shape index (κ2) is 11.9. The van der Waals surface area contributed by atoms with Gasteiger partial charge in [-0.1, -0.05) is 98.0 Å². The number of rotatable bonds is 8. The molecule has 7 heteroatoms. The summed E-state index contributed by atoms with van der Waals surface area (Å²) in [5.74, 6) is 0.582. The van der Waals surface area contributed by atoms with Crippen molar-refractivity contribution in [3.8, 4) is 5.75 Å². The van der Waals surface area contributed by atoms with Crippen LogP contribution in [0.3, 0.4) is 0 Å². The first kappa shape index (κ1) is 27.3. The predicted octanol–water partition coefficient (Wildman–Crippen LogP) is 5.50. The number of nitrogens with zero attached hydrogens (tertiary/aromatic N) is 2. The Morgan fingerprint density at radius 1 is 1.02 bits per heavy atom. The summed E-state index contributed by atoms with van der Waals surface area (Å²) in [4.78, 5) is 32.3. The monoisotopic (exact) mass is 552 g/mol. The molecule has 0 bridgehead atoms. The number of benzene rings is 3. The Morgan fingerprint density at radius 2 is 1.73 bits per heavy atom. The van der Waals surface area contributed by atoms with Gasteiger partial charge in [-0.05, 0) is 48.6 Å². The maximum absolute atomic E-state index is 14.0. The van der Waals surface area contributed by atoms with E-state index < -0.39 is 12.0 Å². The van der Waals surface area contributed by atoms with Crippen LogP contribution in [0.4, 0.5) is 0 Å². The van der Waals surface area contributed by atoms with Crippen molar-refractivity contribution in [3.63, 3.8) is 0 Å². The summed E-state index contributed by atoms with van der Waals surface area (Å²) in [6, 6.07) is 25.0. The zero-order chi connectivity index (χ0) is 28.2. The number of carbonyl (C=O) groups is 1. The van der Waals surface area contributed by atoms with Crippen molar-refractivity contribution in [3.05, 3.63) is 132 Å². The minimum absolute atomic E-state index is 0.214. The van der Waals surface area contributed by atoms with Gasteiger partial charge in [0.2, 0.25) is 0 Å². The summed E-state index contributed by atoms with van der Waals surface area (Å²) >= 11 is 1.30. The zero-order valence-corrected chi connectivity index (χ0v) is 23.9. The highest BCUT2D eigenvalue weighted by molar-refractivity contribution is 7.07. The molecule has 0 fully saturated rings. The average Bonchev–Trinajstić information content (AvgIpc) is 3.26. The lowest BCUT2D eigenvalue weighted by Gasteiger charge is -2.25. The number of hydrogen-bond donors (Lipinski definition) is 0. The first-order valence-corrected chi connectivity index (χ1v) is 14.2. The Kier molecular flexibility index (Phi) is 8.12. The van der Waals surface area contributed by atoms with Crippen LogP contribution in [-0.4, -0.2) is 17.1 Å². The lowest BCUT2D eigenvalue weighted by molar-refractivity contribution is -0.139. The first-order valence-electron chi connectivity index (χ1n) is 13.4. The molecule has 6 nitrogen and oxygen atoms in total. The second-order valence-electron chi connectivity index (χ2n) is 9.94. The quantitative estimate of drug-likeness (QED) is 0.271. The molecule has 0 saturated carbocycles. The molecule has 0 radical (unpaired) electrons. The highest BCUT2D eigenvalue weighted by atomic mass is 32.1. The van der Waals surface area contributed by atoms with Crippen LogP contribution in [0.5, 0.6) is 5.75 Å². The van der Waals surface area contributed by atoms with E-state index in [4.69, 9.17) is 9.47 Å². The number of fused-ring (bicyclic) bond motifs is 1. The summed E-state index contributed by atoms with van der Waals surface area (Å²) in [5.41, 5.74) is 4.59. The molecule has 1 aliphatic heterocycles. The molecule has 1 aliphatic rings. The van der Waals surface area contributed by atoms with Crippen LogP contribution in [0.2, 0.25) is 0 Å². The van der Waals surface area contributed by atoms with Crippen LogP contribution in [0.1, 0.15) is 61.9 Å². The smallest absolute Gasteiger partial charge is 0.338 e. The topological polar surface area (TPSA) is 69.9 Å². The fraction of sp³-hybridized carbons (Fsp3) is 0.242. The van der Waals surface area contributed by atoms with E-state index in [1.807, 2.05) is 84.9 Å². The molecule has 1 unspecified atom stereocenters. The number of carbonyl (C=O) groups excluding carboxylic acids is 1. The van der Waals surface area contributed by atoms with Crippen LogP contribution in [0.15, 0.2) is 99.9 Å². The number of hydrogen-bond acceptors (Lipinski definition) is 6. The Labute approximate surface area is 237 Å². The average molecular weight is 553 g/mol. The molecule has 0 saturated heterocycles. The van der Waals surface area contributed by atoms with Gasteiger partial charge in [0.1, 0.15) is 12.4 Å². The minimum Gasteiger partial charge on any atom is -0.488 e. The number of aromatic nitrogens is 1. The van der Waals surface area contributed by atoms with Crippen LogP contribution in [0, 0.1) is 0 Å². The molecule has 40 heavy (non-hydrogen) atoms. The third kappa shape index (κ3) is 5.56. The van der Waals surface area contributed by atoms with Gasteiger partial charge in [-0.25, -0.2) is 9.79 Å². The maximum Gasteiger partial charge on any atom is 0.338 e. The van der Waals surface area contributed by atoms with Gasteiger partial charge < -0.3 is 9.47 Å². The van der Waals surface area contributed by atoms with E-state index in [1.165, 1.54) is 16.9 Å². The van der Waals surface area contributed by atoms with Crippen molar-refractivity contribution >= 4 is 23.4 Å². The molecular formula is C33H32N2O4S. The van der Waals surface area contributed by atoms with Crippen molar-refractivity contribution in [2.45, 2.75) is 46.3 Å². The van der Waals surface area contributed by atoms with Gasteiger partial charge in [-0.3, -0.25) is 9.36 Å². The number of para-hydroxylation sites is 1. The Morgan fingerprint density at radius 3 is 2.42 bits per heavy atom. The van der Waals surface area contributed by atoms with Gasteiger partial charge in [0.25, 0.3) is 5.56 Å². The molecule has 3 aromatic carbocycles. The molecule has 0 N–H and O–H groups in total. The van der Waals surface area contributed by atoms with Crippen LogP contribution >= 0.6 is 11.3 Å². The van der Waals surface area contributed by atoms with E-state index in [9.17, 15) is 9.59 Å². The predicted molar refractivity (Wildman–Crippen MR) is 158 cm³/mol. The first-order chi connectivity index (χ1) is 19.4. The van der Waals surface area contributed by atoms with Crippen molar-refractivity contribution < 1.29 is 14.3 Å². The largest absolute Gasteiger partial charge is 0.488 e. The second-order valence-corrected chi connectivity index (χ2v) is 10.9. The molecule has 5 rings (SSSR count). The van der Waals surface area contributed by atoms with Crippen molar-refractivity contribution in [1.29, 1.82) is 0 Å². The molecule has 0 aliphatic carbocycles. The normalized spacial score (nSPS) is 15.1. The van der Waals surface area contributed by atoms with Gasteiger partial charge in [-0.2, -0.15) is 0 Å². The van der Waals surface area contributed by atoms with Crippen molar-refractivity contribution in [2.75, 3.05) is 6.61 Å². The maximum atomic E-state index is 14.0. The number of esters is 1. The Balaban J connectivity index is 1.60. The number of allylic oxidation sites excluding steroid dienone is 1. The Bertz CT molecular complexity index is 1730. The third-order valence-corrected chi connectivity index (χ3v) is 7.86. The van der Waals surface area contributed by atoms with Crippen LogP contribution in [-0.2, 0) is 16.1 Å². The van der Waals surface area contributed by atoms with E-state index >= 15 is 0 Å². The highest BCUT2D eigenvalue weighted by Crippen LogP contribution is 2.31. The highest BCUT2D eigenvalue weighted by Gasteiger charge is 2.33. The molecule has 2 heterocycles. The van der Waals surface area contributed by atoms with Gasteiger partial charge in [0.15, 0.2) is 4.80 Å². The van der Waals surface area contributed by atoms with Gasteiger partial charge in [0, 0.05) is 5.56 Å². The standard InChI is InChI=1S/C33H32N2O4S/c1-5-38-32(37)29-22(4)34-33-35(30(29)25-17-15-24(16-18-25)21(2)3)31(36)28(40-33)19-26-13-9-10-14-27(26)39-20-23-11-7-6-8-12-23/h6-19,21,30H,5,20H2,1-4H3/b28-19-. The summed E-state index contributed by atoms with van der Waals surface area (Å²) in [6.45, 7) is 8.49. The summed E-state index contributed by atoms with van der Waals surface area (Å²) in [5, 5.41) is 0.